The number of anilines is 1. The number of hydrogen-bond acceptors (Lipinski definition) is 3. The zero-order chi connectivity index (χ0) is 20.6. The first-order valence-electron chi connectivity index (χ1n) is 8.97. The summed E-state index contributed by atoms with van der Waals surface area (Å²) in [5.41, 5.74) is 1.53. The van der Waals surface area contributed by atoms with E-state index in [1.165, 1.54) is 6.07 Å². The Balaban J connectivity index is 2.08. The molecule has 148 valence electrons. The molecular formula is C21H22F3N3O. The summed E-state index contributed by atoms with van der Waals surface area (Å²) in [6, 6.07) is 9.70. The van der Waals surface area contributed by atoms with Crippen molar-refractivity contribution in [3.05, 3.63) is 58.9 Å². The molecule has 0 unspecified atom stereocenters. The van der Waals surface area contributed by atoms with Crippen molar-refractivity contribution in [3.8, 4) is 11.8 Å². The number of nitrogens with one attached hydrogen (secondary N) is 2. The van der Waals surface area contributed by atoms with Gasteiger partial charge in [0, 0.05) is 30.8 Å². The van der Waals surface area contributed by atoms with E-state index in [0.29, 0.717) is 24.9 Å². The van der Waals surface area contributed by atoms with Crippen molar-refractivity contribution in [3.63, 3.8) is 0 Å². The fraction of sp³-hybridized carbons (Fsp3) is 0.333. The second-order valence-electron chi connectivity index (χ2n) is 6.17. The summed E-state index contributed by atoms with van der Waals surface area (Å²) in [5.74, 6) is 4.59. The Kier molecular flexibility index (Phi) is 7.44. The molecular weight excluding hydrogens is 367 g/mol. The molecule has 28 heavy (non-hydrogen) atoms. The van der Waals surface area contributed by atoms with E-state index >= 15 is 0 Å². The molecule has 1 aromatic heterocycles. The van der Waals surface area contributed by atoms with Crippen LogP contribution in [-0.2, 0) is 23.9 Å². The van der Waals surface area contributed by atoms with Gasteiger partial charge in [0.1, 0.15) is 5.69 Å². The predicted molar refractivity (Wildman–Crippen MR) is 103 cm³/mol. The quantitative estimate of drug-likeness (QED) is 0.730. The van der Waals surface area contributed by atoms with Gasteiger partial charge in [0.15, 0.2) is 0 Å². The van der Waals surface area contributed by atoms with E-state index in [0.717, 1.165) is 23.7 Å². The first-order valence-corrected chi connectivity index (χ1v) is 8.97. The molecule has 0 saturated heterocycles. The molecule has 1 aromatic carbocycles. The highest BCUT2D eigenvalue weighted by molar-refractivity contribution is 5.94. The number of amides is 1. The van der Waals surface area contributed by atoms with E-state index in [4.69, 9.17) is 0 Å². The van der Waals surface area contributed by atoms with Gasteiger partial charge in [-0.2, -0.15) is 13.2 Å². The van der Waals surface area contributed by atoms with Crippen LogP contribution in [0.15, 0.2) is 36.4 Å². The van der Waals surface area contributed by atoms with E-state index in [2.05, 4.69) is 27.5 Å². The van der Waals surface area contributed by atoms with Crippen LogP contribution in [-0.4, -0.2) is 17.9 Å². The van der Waals surface area contributed by atoms with E-state index in [1.807, 2.05) is 38.2 Å². The van der Waals surface area contributed by atoms with Crippen LogP contribution < -0.4 is 10.6 Å². The van der Waals surface area contributed by atoms with Gasteiger partial charge in [0.2, 0.25) is 0 Å². The Morgan fingerprint density at radius 1 is 1.14 bits per heavy atom. The van der Waals surface area contributed by atoms with Crippen molar-refractivity contribution in [1.82, 2.24) is 10.3 Å². The van der Waals surface area contributed by atoms with Gasteiger partial charge in [-0.15, -0.1) is 0 Å². The van der Waals surface area contributed by atoms with Gasteiger partial charge in [0.25, 0.3) is 5.91 Å². The number of alkyl halides is 3. The normalized spacial score (nSPS) is 10.8. The highest BCUT2D eigenvalue weighted by Gasteiger charge is 2.32. The summed E-state index contributed by atoms with van der Waals surface area (Å²) in [6.07, 6.45) is -2.62. The molecule has 0 radical (unpaired) electrons. The summed E-state index contributed by atoms with van der Waals surface area (Å²) in [4.78, 5) is 15.7. The van der Waals surface area contributed by atoms with Gasteiger partial charge < -0.3 is 10.6 Å². The molecule has 2 rings (SSSR count). The van der Waals surface area contributed by atoms with Gasteiger partial charge in [-0.1, -0.05) is 31.4 Å². The zero-order valence-electron chi connectivity index (χ0n) is 15.8. The molecule has 0 spiro atoms. The Labute approximate surface area is 162 Å². The zero-order valence-corrected chi connectivity index (χ0v) is 15.8. The van der Waals surface area contributed by atoms with E-state index in [1.54, 1.807) is 0 Å². The maximum absolute atomic E-state index is 12.9. The summed E-state index contributed by atoms with van der Waals surface area (Å²) in [5, 5.41) is 5.68. The molecule has 0 bridgehead atoms. The van der Waals surface area contributed by atoms with Crippen LogP contribution in [0.1, 0.15) is 42.3 Å². The topological polar surface area (TPSA) is 54.0 Å². The van der Waals surface area contributed by atoms with Crippen LogP contribution in [0.25, 0.3) is 0 Å². The monoisotopic (exact) mass is 389 g/mol. The fourth-order valence-electron chi connectivity index (χ4n) is 2.45. The smallest absolute Gasteiger partial charge is 0.388 e. The number of aryl methyl sites for hydroxylation is 1. The second-order valence-corrected chi connectivity index (χ2v) is 6.17. The van der Waals surface area contributed by atoms with Crippen LogP contribution in [0.4, 0.5) is 18.9 Å². The lowest BCUT2D eigenvalue weighted by Gasteiger charge is -2.09. The van der Waals surface area contributed by atoms with E-state index in [-0.39, 0.29) is 5.69 Å². The van der Waals surface area contributed by atoms with Gasteiger partial charge >= 0.3 is 6.18 Å². The van der Waals surface area contributed by atoms with Crippen LogP contribution >= 0.6 is 0 Å². The number of unbranched alkanes of at least 4 members (excludes halogenated alkanes) is 1. The number of aromatic nitrogens is 1. The third kappa shape index (κ3) is 6.31. The number of carbonyl (C=O) groups excluding carboxylic acids is 1. The number of benzene rings is 1. The van der Waals surface area contributed by atoms with Crippen LogP contribution in [0.2, 0.25) is 0 Å². The molecule has 1 heterocycles. The predicted octanol–water partition coefficient (Wildman–Crippen LogP) is 4.15. The lowest BCUT2D eigenvalue weighted by Crippen LogP contribution is -2.20. The molecule has 7 heteroatoms. The Morgan fingerprint density at radius 3 is 2.46 bits per heavy atom. The SMILES string of the molecule is CCCCc1nc(C(F)(F)F)ccc1C#CC(=O)NCc1ccc(NC)cc1. The minimum Gasteiger partial charge on any atom is -0.388 e. The Morgan fingerprint density at radius 2 is 1.86 bits per heavy atom. The average molecular weight is 389 g/mol. The first kappa shape index (κ1) is 21.3. The molecule has 0 aliphatic heterocycles. The maximum Gasteiger partial charge on any atom is 0.433 e. The third-order valence-corrected chi connectivity index (χ3v) is 4.04. The van der Waals surface area contributed by atoms with Crippen LogP contribution in [0.5, 0.6) is 0 Å². The second kappa shape index (κ2) is 9.79. The summed E-state index contributed by atoms with van der Waals surface area (Å²) >= 11 is 0. The molecule has 0 saturated carbocycles. The van der Waals surface area contributed by atoms with Gasteiger partial charge in [-0.25, -0.2) is 4.98 Å². The van der Waals surface area contributed by atoms with Gasteiger partial charge in [-0.05, 0) is 42.7 Å². The highest BCUT2D eigenvalue weighted by Crippen LogP contribution is 2.28. The molecule has 2 aromatic rings. The Bertz CT molecular complexity index is 865. The minimum atomic E-state index is -4.51. The molecule has 0 aliphatic carbocycles. The maximum atomic E-state index is 12.9. The molecule has 0 fully saturated rings. The number of pyridine rings is 1. The number of carbonyl (C=O) groups is 1. The standard InChI is InChI=1S/C21H22F3N3O/c1-3-4-5-18-16(8-12-19(27-18)21(22,23)24)9-13-20(28)26-14-15-6-10-17(25-2)11-7-15/h6-8,10-12,25H,3-5,14H2,1-2H3,(H,26,28). The van der Waals surface area contributed by atoms with Crippen LogP contribution in [0.3, 0.4) is 0 Å². The van der Waals surface area contributed by atoms with Crippen LogP contribution in [0, 0.1) is 11.8 Å². The molecule has 1 amide bonds. The molecule has 0 atom stereocenters. The first-order chi connectivity index (χ1) is 13.3. The van der Waals surface area contributed by atoms with Crippen molar-refractivity contribution in [2.24, 2.45) is 0 Å². The largest absolute Gasteiger partial charge is 0.433 e. The molecule has 0 aliphatic rings. The highest BCUT2D eigenvalue weighted by atomic mass is 19.4. The van der Waals surface area contributed by atoms with Crippen molar-refractivity contribution in [1.29, 1.82) is 0 Å². The average Bonchev–Trinajstić information content (AvgIpc) is 2.69. The minimum absolute atomic E-state index is 0.264. The summed E-state index contributed by atoms with van der Waals surface area (Å²) in [7, 11) is 1.82. The lowest BCUT2D eigenvalue weighted by atomic mass is 10.1. The van der Waals surface area contributed by atoms with Crippen molar-refractivity contribution in [2.45, 2.75) is 38.9 Å². The summed E-state index contributed by atoms with van der Waals surface area (Å²) < 4.78 is 38.6. The van der Waals surface area contributed by atoms with Gasteiger partial charge in [0.05, 0.1) is 5.69 Å². The van der Waals surface area contributed by atoms with E-state index in [9.17, 15) is 18.0 Å². The Hall–Kier alpha value is -3.01. The van der Waals surface area contributed by atoms with Crippen molar-refractivity contribution in [2.75, 3.05) is 12.4 Å². The lowest BCUT2D eigenvalue weighted by molar-refractivity contribution is -0.141. The third-order valence-electron chi connectivity index (χ3n) is 4.04. The number of hydrogen-bond donors (Lipinski definition) is 2. The van der Waals surface area contributed by atoms with Crippen molar-refractivity contribution < 1.29 is 18.0 Å². The van der Waals surface area contributed by atoms with E-state index < -0.39 is 17.8 Å². The molecule has 2 N–H and O–H groups in total. The number of rotatable bonds is 6. The molecule has 4 nitrogen and oxygen atoms in total. The van der Waals surface area contributed by atoms with Gasteiger partial charge in [-0.3, -0.25) is 4.79 Å². The summed E-state index contributed by atoms with van der Waals surface area (Å²) in [6.45, 7) is 2.25. The van der Waals surface area contributed by atoms with Crippen molar-refractivity contribution >= 4 is 11.6 Å². The number of halogens is 3. The number of nitrogens with zero attached hydrogens (tertiary/aromatic N) is 1. The fourth-order valence-corrected chi connectivity index (χ4v) is 2.45.